The zero-order valence-electron chi connectivity index (χ0n) is 11.9. The van der Waals surface area contributed by atoms with Crippen LogP contribution < -0.4 is 4.74 Å². The van der Waals surface area contributed by atoms with Gasteiger partial charge in [0.25, 0.3) is 0 Å². The molecule has 2 nitrogen and oxygen atoms in total. The Bertz CT molecular complexity index is 369. The topological polar surface area (TPSA) is 12.5 Å². The summed E-state index contributed by atoms with van der Waals surface area (Å²) in [4.78, 5) is 2.62. The van der Waals surface area contributed by atoms with Gasteiger partial charge in [-0.1, -0.05) is 19.1 Å². The van der Waals surface area contributed by atoms with Crippen LogP contribution in [0.15, 0.2) is 24.3 Å². The number of likely N-dealkylation sites (tertiary alicyclic amines) is 1. The number of benzene rings is 1. The van der Waals surface area contributed by atoms with Crippen molar-refractivity contribution in [1.82, 2.24) is 4.90 Å². The largest absolute Gasteiger partial charge is 0.497 e. The molecule has 1 atom stereocenters. The summed E-state index contributed by atoms with van der Waals surface area (Å²) in [7, 11) is 1.74. The fraction of sp³-hybridized carbons (Fsp3) is 0.625. The average molecular weight is 247 g/mol. The Morgan fingerprint density at radius 1 is 1.33 bits per heavy atom. The van der Waals surface area contributed by atoms with E-state index < -0.39 is 0 Å². The van der Waals surface area contributed by atoms with Gasteiger partial charge in [-0.15, -0.1) is 0 Å². The van der Waals surface area contributed by atoms with E-state index in [0.29, 0.717) is 5.92 Å². The molecule has 1 aromatic carbocycles. The highest BCUT2D eigenvalue weighted by Gasteiger charge is 2.22. The van der Waals surface area contributed by atoms with E-state index in [0.717, 1.165) is 11.8 Å². The van der Waals surface area contributed by atoms with Gasteiger partial charge in [0.15, 0.2) is 0 Å². The number of methoxy groups -OCH3 is 1. The molecular weight excluding hydrogens is 222 g/mol. The summed E-state index contributed by atoms with van der Waals surface area (Å²) in [5, 5.41) is 0. The first-order valence-electron chi connectivity index (χ1n) is 7.12. The zero-order chi connectivity index (χ0) is 13.0. The molecule has 0 bridgehead atoms. The van der Waals surface area contributed by atoms with Crippen molar-refractivity contribution < 1.29 is 4.74 Å². The minimum atomic E-state index is 0.709. The predicted molar refractivity (Wildman–Crippen MR) is 76.3 cm³/mol. The first-order valence-corrected chi connectivity index (χ1v) is 7.12. The summed E-state index contributed by atoms with van der Waals surface area (Å²) in [5.41, 5.74) is 1.44. The Balaban J connectivity index is 1.96. The van der Waals surface area contributed by atoms with Gasteiger partial charge in [-0.05, 0) is 62.9 Å². The van der Waals surface area contributed by atoms with Crippen molar-refractivity contribution in [3.05, 3.63) is 29.8 Å². The van der Waals surface area contributed by atoms with Crippen LogP contribution in [0.1, 0.15) is 44.6 Å². The van der Waals surface area contributed by atoms with E-state index in [1.807, 2.05) is 6.07 Å². The molecule has 1 fully saturated rings. The number of hydrogen-bond donors (Lipinski definition) is 0. The van der Waals surface area contributed by atoms with Crippen LogP contribution in [0, 0.1) is 0 Å². The van der Waals surface area contributed by atoms with E-state index in [-0.39, 0.29) is 0 Å². The second-order valence-electron chi connectivity index (χ2n) is 5.34. The number of piperidine rings is 1. The molecule has 1 aromatic rings. The van der Waals surface area contributed by atoms with E-state index in [1.54, 1.807) is 7.11 Å². The van der Waals surface area contributed by atoms with Crippen LogP contribution >= 0.6 is 0 Å². The Kier molecular flexibility index (Phi) is 4.65. The summed E-state index contributed by atoms with van der Waals surface area (Å²) >= 11 is 0. The molecule has 1 heterocycles. The normalized spacial score (nSPS) is 19.7. The van der Waals surface area contributed by atoms with Crippen molar-refractivity contribution in [3.8, 4) is 5.75 Å². The predicted octanol–water partition coefficient (Wildman–Crippen LogP) is 3.67. The molecule has 2 heteroatoms. The lowest BCUT2D eigenvalue weighted by Gasteiger charge is -2.36. The van der Waals surface area contributed by atoms with Crippen LogP contribution in [-0.4, -0.2) is 31.1 Å². The van der Waals surface area contributed by atoms with E-state index in [1.165, 1.54) is 37.9 Å². The van der Waals surface area contributed by atoms with E-state index in [9.17, 15) is 0 Å². The van der Waals surface area contributed by atoms with Crippen molar-refractivity contribution >= 4 is 0 Å². The monoisotopic (exact) mass is 247 g/mol. The van der Waals surface area contributed by atoms with Crippen molar-refractivity contribution in [2.24, 2.45) is 0 Å². The standard InChI is InChI=1S/C16H25NO/c1-4-13(2)17-10-8-14(9-11-17)15-6-5-7-16(12-15)18-3/h5-7,12-14H,4,8-11H2,1-3H3. The Morgan fingerprint density at radius 2 is 2.06 bits per heavy atom. The molecule has 1 saturated heterocycles. The van der Waals surface area contributed by atoms with Crippen molar-refractivity contribution in [2.75, 3.05) is 20.2 Å². The summed E-state index contributed by atoms with van der Waals surface area (Å²) in [6, 6.07) is 9.30. The second-order valence-corrected chi connectivity index (χ2v) is 5.34. The number of nitrogens with zero attached hydrogens (tertiary/aromatic N) is 1. The van der Waals surface area contributed by atoms with E-state index in [4.69, 9.17) is 4.74 Å². The highest BCUT2D eigenvalue weighted by molar-refractivity contribution is 5.31. The fourth-order valence-electron chi connectivity index (χ4n) is 2.83. The lowest BCUT2D eigenvalue weighted by Crippen LogP contribution is -2.39. The maximum absolute atomic E-state index is 5.31. The third-order valence-corrected chi connectivity index (χ3v) is 4.31. The summed E-state index contributed by atoms with van der Waals surface area (Å²) < 4.78 is 5.31. The van der Waals surface area contributed by atoms with Crippen molar-refractivity contribution in [2.45, 2.75) is 45.1 Å². The molecule has 0 amide bonds. The Labute approximate surface area is 111 Å². The van der Waals surface area contributed by atoms with Gasteiger partial charge in [-0.2, -0.15) is 0 Å². The van der Waals surface area contributed by atoms with Gasteiger partial charge in [-0.25, -0.2) is 0 Å². The molecule has 0 N–H and O–H groups in total. The molecule has 100 valence electrons. The van der Waals surface area contributed by atoms with E-state index >= 15 is 0 Å². The first kappa shape index (κ1) is 13.4. The van der Waals surface area contributed by atoms with Gasteiger partial charge in [0.05, 0.1) is 7.11 Å². The van der Waals surface area contributed by atoms with Crippen LogP contribution in [0.4, 0.5) is 0 Å². The van der Waals surface area contributed by atoms with Gasteiger partial charge in [0.1, 0.15) is 5.75 Å². The quantitative estimate of drug-likeness (QED) is 0.805. The van der Waals surface area contributed by atoms with E-state index in [2.05, 4.69) is 36.9 Å². The smallest absolute Gasteiger partial charge is 0.119 e. The van der Waals surface area contributed by atoms with Gasteiger partial charge in [-0.3, -0.25) is 0 Å². The summed E-state index contributed by atoms with van der Waals surface area (Å²) in [6.45, 7) is 7.08. The van der Waals surface area contributed by atoms with Crippen LogP contribution in [-0.2, 0) is 0 Å². The highest BCUT2D eigenvalue weighted by Crippen LogP contribution is 2.30. The molecule has 0 saturated carbocycles. The SMILES string of the molecule is CCC(C)N1CCC(c2cccc(OC)c2)CC1. The molecule has 0 radical (unpaired) electrons. The molecule has 0 aliphatic carbocycles. The first-order chi connectivity index (χ1) is 8.74. The molecule has 1 aliphatic heterocycles. The van der Waals surface area contributed by atoms with Crippen LogP contribution in [0.5, 0.6) is 5.75 Å². The van der Waals surface area contributed by atoms with Crippen molar-refractivity contribution in [1.29, 1.82) is 0 Å². The fourth-order valence-corrected chi connectivity index (χ4v) is 2.83. The lowest BCUT2D eigenvalue weighted by atomic mass is 9.88. The summed E-state index contributed by atoms with van der Waals surface area (Å²) in [6.07, 6.45) is 3.80. The minimum absolute atomic E-state index is 0.709. The zero-order valence-corrected chi connectivity index (χ0v) is 11.9. The maximum Gasteiger partial charge on any atom is 0.119 e. The van der Waals surface area contributed by atoms with Gasteiger partial charge in [0.2, 0.25) is 0 Å². The van der Waals surface area contributed by atoms with Crippen molar-refractivity contribution in [3.63, 3.8) is 0 Å². The van der Waals surface area contributed by atoms with Gasteiger partial charge < -0.3 is 9.64 Å². The van der Waals surface area contributed by atoms with Crippen LogP contribution in [0.25, 0.3) is 0 Å². The average Bonchev–Trinajstić information content (AvgIpc) is 2.46. The van der Waals surface area contributed by atoms with Crippen LogP contribution in [0.3, 0.4) is 0 Å². The number of hydrogen-bond acceptors (Lipinski definition) is 2. The molecule has 0 spiro atoms. The minimum Gasteiger partial charge on any atom is -0.497 e. The molecule has 2 rings (SSSR count). The number of ether oxygens (including phenoxy) is 1. The molecule has 0 aromatic heterocycles. The van der Waals surface area contributed by atoms with Crippen LogP contribution in [0.2, 0.25) is 0 Å². The Hall–Kier alpha value is -1.02. The Morgan fingerprint density at radius 3 is 2.67 bits per heavy atom. The molecular formula is C16H25NO. The summed E-state index contributed by atoms with van der Waals surface area (Å²) in [5.74, 6) is 1.69. The third kappa shape index (κ3) is 3.05. The number of rotatable bonds is 4. The lowest BCUT2D eigenvalue weighted by molar-refractivity contribution is 0.158. The van der Waals surface area contributed by atoms with Gasteiger partial charge in [0, 0.05) is 6.04 Å². The second kappa shape index (κ2) is 6.24. The molecule has 1 aliphatic rings. The van der Waals surface area contributed by atoms with Gasteiger partial charge >= 0.3 is 0 Å². The third-order valence-electron chi connectivity index (χ3n) is 4.31. The highest BCUT2D eigenvalue weighted by atomic mass is 16.5. The molecule has 1 unspecified atom stereocenters. The molecule has 18 heavy (non-hydrogen) atoms. The maximum atomic E-state index is 5.31.